The number of rotatable bonds is 8. The summed E-state index contributed by atoms with van der Waals surface area (Å²) in [5.41, 5.74) is 0.891. The van der Waals surface area contributed by atoms with Crippen LogP contribution >= 0.6 is 0 Å². The lowest BCUT2D eigenvalue weighted by atomic mass is 10.1. The summed E-state index contributed by atoms with van der Waals surface area (Å²) < 4.78 is 0. The summed E-state index contributed by atoms with van der Waals surface area (Å²) in [7, 11) is 1.87. The van der Waals surface area contributed by atoms with E-state index in [4.69, 9.17) is 0 Å². The average Bonchev–Trinajstić information content (AvgIpc) is 2.40. The van der Waals surface area contributed by atoms with Gasteiger partial charge in [-0.3, -0.25) is 4.79 Å². The fraction of sp³-hybridized carbons (Fsp3) is 0.500. The van der Waals surface area contributed by atoms with Gasteiger partial charge in [0, 0.05) is 13.0 Å². The zero-order valence-electron chi connectivity index (χ0n) is 10.9. The first-order valence-electron chi connectivity index (χ1n) is 6.38. The van der Waals surface area contributed by atoms with Crippen molar-refractivity contribution < 1.29 is 9.90 Å². The summed E-state index contributed by atoms with van der Waals surface area (Å²) in [4.78, 5) is 11.4. The van der Waals surface area contributed by atoms with E-state index in [1.54, 1.807) is 0 Å². The molecule has 1 rings (SSSR count). The van der Waals surface area contributed by atoms with Crippen LogP contribution in [0, 0.1) is 0 Å². The van der Waals surface area contributed by atoms with Gasteiger partial charge in [0.15, 0.2) is 0 Å². The number of carbonyl (C=O) groups is 1. The number of aliphatic hydroxyl groups excluding tert-OH is 1. The first-order valence-corrected chi connectivity index (χ1v) is 6.38. The monoisotopic (exact) mass is 250 g/mol. The smallest absolute Gasteiger partial charge is 0.220 e. The second-order valence-electron chi connectivity index (χ2n) is 4.27. The SMILES string of the molecule is CNCCCC(=O)NCCC(O)c1ccccc1. The first-order chi connectivity index (χ1) is 8.74. The van der Waals surface area contributed by atoms with Crippen molar-refractivity contribution in [2.24, 2.45) is 0 Å². The highest BCUT2D eigenvalue weighted by molar-refractivity contribution is 5.75. The van der Waals surface area contributed by atoms with Crippen molar-refractivity contribution in [3.63, 3.8) is 0 Å². The molecule has 0 saturated heterocycles. The Morgan fingerprint density at radius 3 is 2.67 bits per heavy atom. The highest BCUT2D eigenvalue weighted by Crippen LogP contribution is 2.14. The third-order valence-corrected chi connectivity index (χ3v) is 2.75. The number of aliphatic hydroxyl groups is 1. The molecule has 1 atom stereocenters. The minimum atomic E-state index is -0.510. The lowest BCUT2D eigenvalue weighted by Crippen LogP contribution is -2.26. The van der Waals surface area contributed by atoms with Crippen molar-refractivity contribution in [1.29, 1.82) is 0 Å². The third-order valence-electron chi connectivity index (χ3n) is 2.75. The summed E-state index contributed by atoms with van der Waals surface area (Å²) in [5.74, 6) is 0.0468. The second kappa shape index (κ2) is 8.66. The van der Waals surface area contributed by atoms with Crippen molar-refractivity contribution in [2.45, 2.75) is 25.4 Å². The Kier molecular flexibility index (Phi) is 7.06. The van der Waals surface area contributed by atoms with Crippen LogP contribution in [-0.2, 0) is 4.79 Å². The van der Waals surface area contributed by atoms with Crippen LogP contribution in [-0.4, -0.2) is 31.2 Å². The maximum atomic E-state index is 11.4. The standard InChI is InChI=1S/C14H22N2O2/c1-15-10-5-8-14(18)16-11-9-13(17)12-6-3-2-4-7-12/h2-4,6-7,13,15,17H,5,8-11H2,1H3,(H,16,18). The molecule has 0 radical (unpaired) electrons. The molecule has 0 heterocycles. The van der Waals surface area contributed by atoms with Gasteiger partial charge in [-0.2, -0.15) is 0 Å². The fourth-order valence-electron chi connectivity index (χ4n) is 1.70. The molecule has 1 aromatic rings. The van der Waals surface area contributed by atoms with Gasteiger partial charge in [0.1, 0.15) is 0 Å². The summed E-state index contributed by atoms with van der Waals surface area (Å²) in [6.07, 6.45) is 1.40. The molecule has 0 aliphatic heterocycles. The molecule has 3 N–H and O–H groups in total. The predicted molar refractivity (Wildman–Crippen MR) is 72.2 cm³/mol. The van der Waals surface area contributed by atoms with Gasteiger partial charge in [-0.25, -0.2) is 0 Å². The lowest BCUT2D eigenvalue weighted by molar-refractivity contribution is -0.121. The highest BCUT2D eigenvalue weighted by Gasteiger charge is 2.07. The molecule has 0 aromatic heterocycles. The molecule has 0 fully saturated rings. The van der Waals surface area contributed by atoms with Crippen LogP contribution in [0.5, 0.6) is 0 Å². The zero-order valence-corrected chi connectivity index (χ0v) is 10.9. The minimum Gasteiger partial charge on any atom is -0.388 e. The first kappa shape index (κ1) is 14.7. The number of amides is 1. The van der Waals surface area contributed by atoms with E-state index in [0.29, 0.717) is 19.4 Å². The molecule has 0 aliphatic rings. The van der Waals surface area contributed by atoms with E-state index in [0.717, 1.165) is 18.5 Å². The normalized spacial score (nSPS) is 12.1. The molecule has 4 nitrogen and oxygen atoms in total. The van der Waals surface area contributed by atoms with Gasteiger partial charge in [-0.15, -0.1) is 0 Å². The zero-order chi connectivity index (χ0) is 13.2. The molecule has 0 saturated carbocycles. The van der Waals surface area contributed by atoms with E-state index in [9.17, 15) is 9.90 Å². The van der Waals surface area contributed by atoms with Crippen molar-refractivity contribution in [1.82, 2.24) is 10.6 Å². The second-order valence-corrected chi connectivity index (χ2v) is 4.27. The lowest BCUT2D eigenvalue weighted by Gasteiger charge is -2.11. The Morgan fingerprint density at radius 1 is 1.28 bits per heavy atom. The Bertz CT molecular complexity index is 341. The predicted octanol–water partition coefficient (Wildman–Crippen LogP) is 1.23. The van der Waals surface area contributed by atoms with Crippen LogP contribution in [0.4, 0.5) is 0 Å². The van der Waals surface area contributed by atoms with Crippen molar-refractivity contribution in [3.05, 3.63) is 35.9 Å². The van der Waals surface area contributed by atoms with E-state index >= 15 is 0 Å². The van der Waals surface area contributed by atoms with Gasteiger partial charge in [0.05, 0.1) is 6.10 Å². The Hall–Kier alpha value is -1.39. The molecule has 18 heavy (non-hydrogen) atoms. The van der Waals surface area contributed by atoms with Gasteiger partial charge in [0.25, 0.3) is 0 Å². The Morgan fingerprint density at radius 2 is 2.00 bits per heavy atom. The molecule has 4 heteroatoms. The largest absolute Gasteiger partial charge is 0.388 e. The molecule has 0 aliphatic carbocycles. The fourth-order valence-corrected chi connectivity index (χ4v) is 1.70. The minimum absolute atomic E-state index is 0.0468. The number of hydrogen-bond donors (Lipinski definition) is 3. The molecular weight excluding hydrogens is 228 g/mol. The van der Waals surface area contributed by atoms with E-state index in [1.807, 2.05) is 37.4 Å². The van der Waals surface area contributed by atoms with Crippen LogP contribution in [0.3, 0.4) is 0 Å². The van der Waals surface area contributed by atoms with Crippen LogP contribution in [0.15, 0.2) is 30.3 Å². The number of nitrogens with one attached hydrogen (secondary N) is 2. The average molecular weight is 250 g/mol. The Balaban J connectivity index is 2.16. The summed E-state index contributed by atoms with van der Waals surface area (Å²) in [6.45, 7) is 1.36. The van der Waals surface area contributed by atoms with Crippen molar-refractivity contribution in [3.8, 4) is 0 Å². The summed E-state index contributed by atoms with van der Waals surface area (Å²) >= 11 is 0. The van der Waals surface area contributed by atoms with E-state index in [1.165, 1.54) is 0 Å². The number of benzene rings is 1. The van der Waals surface area contributed by atoms with Crippen LogP contribution in [0.25, 0.3) is 0 Å². The van der Waals surface area contributed by atoms with Gasteiger partial charge in [-0.1, -0.05) is 30.3 Å². The van der Waals surface area contributed by atoms with Crippen LogP contribution in [0.1, 0.15) is 30.9 Å². The molecule has 100 valence electrons. The third kappa shape index (κ3) is 5.80. The van der Waals surface area contributed by atoms with E-state index in [2.05, 4.69) is 10.6 Å². The van der Waals surface area contributed by atoms with E-state index in [-0.39, 0.29) is 5.91 Å². The molecule has 0 bridgehead atoms. The quantitative estimate of drug-likeness (QED) is 0.608. The molecule has 1 unspecified atom stereocenters. The van der Waals surface area contributed by atoms with Gasteiger partial charge in [0.2, 0.25) is 5.91 Å². The topological polar surface area (TPSA) is 61.4 Å². The van der Waals surface area contributed by atoms with Gasteiger partial charge in [-0.05, 0) is 32.0 Å². The molecule has 1 amide bonds. The summed E-state index contributed by atoms with van der Waals surface area (Å²) in [5, 5.41) is 15.7. The highest BCUT2D eigenvalue weighted by atomic mass is 16.3. The maximum absolute atomic E-state index is 11.4. The van der Waals surface area contributed by atoms with Crippen molar-refractivity contribution >= 4 is 5.91 Å². The maximum Gasteiger partial charge on any atom is 0.220 e. The molecular formula is C14H22N2O2. The van der Waals surface area contributed by atoms with Crippen LogP contribution < -0.4 is 10.6 Å². The molecule has 0 spiro atoms. The Labute approximate surface area is 108 Å². The van der Waals surface area contributed by atoms with Gasteiger partial charge >= 0.3 is 0 Å². The molecule has 1 aromatic carbocycles. The number of hydrogen-bond acceptors (Lipinski definition) is 3. The van der Waals surface area contributed by atoms with Crippen molar-refractivity contribution in [2.75, 3.05) is 20.1 Å². The van der Waals surface area contributed by atoms with Crippen LogP contribution in [0.2, 0.25) is 0 Å². The van der Waals surface area contributed by atoms with Gasteiger partial charge < -0.3 is 15.7 Å². The number of carbonyl (C=O) groups excluding carboxylic acids is 1. The van der Waals surface area contributed by atoms with E-state index < -0.39 is 6.10 Å². The summed E-state index contributed by atoms with van der Waals surface area (Å²) in [6, 6.07) is 9.49.